The van der Waals surface area contributed by atoms with Crippen LogP contribution in [0.4, 0.5) is 19.1 Å². The number of aromatic nitrogens is 2. The number of carbonyl (C=O) groups is 1. The van der Waals surface area contributed by atoms with Gasteiger partial charge in [-0.3, -0.25) is 4.79 Å². The minimum Gasteiger partial charge on any atom is -0.369 e. The number of piperidine rings is 1. The van der Waals surface area contributed by atoms with Crippen molar-refractivity contribution in [3.8, 4) is 0 Å². The smallest absolute Gasteiger partial charge is 0.369 e. The number of anilines is 1. The first-order chi connectivity index (χ1) is 11.4. The SMILES string of the molecule is NC(=O)C1CCN(CCCCNc2nccc(C(F)(F)F)n2)CC1. The lowest BCUT2D eigenvalue weighted by Crippen LogP contribution is -2.38. The summed E-state index contributed by atoms with van der Waals surface area (Å²) in [7, 11) is 0. The van der Waals surface area contributed by atoms with Crippen molar-refractivity contribution in [1.82, 2.24) is 14.9 Å². The maximum Gasteiger partial charge on any atom is 0.433 e. The van der Waals surface area contributed by atoms with Gasteiger partial charge in [-0.1, -0.05) is 0 Å². The summed E-state index contributed by atoms with van der Waals surface area (Å²) in [6, 6.07) is 0.848. The second kappa shape index (κ2) is 8.27. The molecule has 24 heavy (non-hydrogen) atoms. The van der Waals surface area contributed by atoms with E-state index in [0.717, 1.165) is 57.6 Å². The average molecular weight is 345 g/mol. The van der Waals surface area contributed by atoms with Gasteiger partial charge >= 0.3 is 6.18 Å². The summed E-state index contributed by atoms with van der Waals surface area (Å²) < 4.78 is 37.6. The standard InChI is InChI=1S/C15H22F3N5O/c16-15(17,18)12-3-7-21-14(22-12)20-6-1-2-8-23-9-4-11(5-10-23)13(19)24/h3,7,11H,1-2,4-6,8-10H2,(H2,19,24)(H,20,21,22). The van der Waals surface area contributed by atoms with E-state index in [0.29, 0.717) is 6.54 Å². The van der Waals surface area contributed by atoms with E-state index in [-0.39, 0.29) is 17.8 Å². The molecule has 3 N–H and O–H groups in total. The second-order valence-electron chi connectivity index (χ2n) is 5.92. The normalized spacial score (nSPS) is 17.0. The van der Waals surface area contributed by atoms with Crippen LogP contribution in [-0.2, 0) is 11.0 Å². The molecule has 0 aliphatic carbocycles. The van der Waals surface area contributed by atoms with Gasteiger partial charge in [0.2, 0.25) is 11.9 Å². The number of halogens is 3. The zero-order chi connectivity index (χ0) is 17.6. The van der Waals surface area contributed by atoms with E-state index in [4.69, 9.17) is 5.73 Å². The molecule has 0 bridgehead atoms. The number of nitrogens with zero attached hydrogens (tertiary/aromatic N) is 3. The lowest BCUT2D eigenvalue weighted by atomic mass is 9.96. The van der Waals surface area contributed by atoms with Gasteiger partial charge in [0.1, 0.15) is 5.69 Å². The van der Waals surface area contributed by atoms with Gasteiger partial charge in [-0.2, -0.15) is 13.2 Å². The van der Waals surface area contributed by atoms with Crippen LogP contribution in [0.15, 0.2) is 12.3 Å². The van der Waals surface area contributed by atoms with E-state index in [1.807, 2.05) is 0 Å². The molecule has 1 amide bonds. The van der Waals surface area contributed by atoms with Gasteiger partial charge < -0.3 is 16.0 Å². The number of carbonyl (C=O) groups excluding carboxylic acids is 1. The lowest BCUT2D eigenvalue weighted by molar-refractivity contribution is -0.141. The first-order valence-corrected chi connectivity index (χ1v) is 8.02. The molecule has 1 aromatic rings. The number of rotatable bonds is 7. The van der Waals surface area contributed by atoms with Crippen molar-refractivity contribution in [2.24, 2.45) is 11.7 Å². The van der Waals surface area contributed by atoms with Gasteiger partial charge in [0.25, 0.3) is 0 Å². The predicted molar refractivity (Wildman–Crippen MR) is 83.1 cm³/mol. The quantitative estimate of drug-likeness (QED) is 0.737. The molecule has 1 aromatic heterocycles. The molecular weight excluding hydrogens is 323 g/mol. The number of nitrogens with two attached hydrogens (primary N) is 1. The fourth-order valence-corrected chi connectivity index (χ4v) is 2.70. The number of nitrogens with one attached hydrogen (secondary N) is 1. The Morgan fingerprint density at radius 3 is 2.67 bits per heavy atom. The van der Waals surface area contributed by atoms with E-state index < -0.39 is 11.9 Å². The number of amides is 1. The Balaban J connectivity index is 1.63. The summed E-state index contributed by atoms with van der Waals surface area (Å²) in [5, 5.41) is 2.81. The molecule has 0 unspecified atom stereocenters. The van der Waals surface area contributed by atoms with Gasteiger partial charge in [-0.25, -0.2) is 9.97 Å². The lowest BCUT2D eigenvalue weighted by Gasteiger charge is -2.30. The number of likely N-dealkylation sites (tertiary alicyclic amines) is 1. The molecule has 1 aliphatic heterocycles. The van der Waals surface area contributed by atoms with Crippen LogP contribution in [0, 0.1) is 5.92 Å². The van der Waals surface area contributed by atoms with E-state index in [2.05, 4.69) is 20.2 Å². The molecule has 1 fully saturated rings. The van der Waals surface area contributed by atoms with Gasteiger partial charge in [0.15, 0.2) is 0 Å². The molecule has 0 aromatic carbocycles. The van der Waals surface area contributed by atoms with E-state index in [1.54, 1.807) is 0 Å². The van der Waals surface area contributed by atoms with Crippen molar-refractivity contribution in [2.45, 2.75) is 31.9 Å². The fourth-order valence-electron chi connectivity index (χ4n) is 2.70. The van der Waals surface area contributed by atoms with E-state index in [9.17, 15) is 18.0 Å². The Hall–Kier alpha value is -1.90. The largest absolute Gasteiger partial charge is 0.433 e. The molecule has 0 saturated carbocycles. The van der Waals surface area contributed by atoms with Crippen molar-refractivity contribution in [2.75, 3.05) is 31.5 Å². The Bertz CT molecular complexity index is 544. The monoisotopic (exact) mass is 345 g/mol. The van der Waals surface area contributed by atoms with Crippen LogP contribution in [0.1, 0.15) is 31.4 Å². The van der Waals surface area contributed by atoms with Crippen LogP contribution in [-0.4, -0.2) is 47.0 Å². The molecule has 134 valence electrons. The van der Waals surface area contributed by atoms with Gasteiger partial charge in [-0.15, -0.1) is 0 Å². The number of hydrogen-bond acceptors (Lipinski definition) is 5. The highest BCUT2D eigenvalue weighted by atomic mass is 19.4. The van der Waals surface area contributed by atoms with E-state index in [1.165, 1.54) is 0 Å². The molecule has 0 radical (unpaired) electrons. The molecule has 0 spiro atoms. The van der Waals surface area contributed by atoms with Crippen LogP contribution in [0.2, 0.25) is 0 Å². The molecule has 9 heteroatoms. The highest BCUT2D eigenvalue weighted by Crippen LogP contribution is 2.27. The zero-order valence-corrected chi connectivity index (χ0v) is 13.4. The highest BCUT2D eigenvalue weighted by Gasteiger charge is 2.32. The van der Waals surface area contributed by atoms with Crippen molar-refractivity contribution in [3.05, 3.63) is 18.0 Å². The Morgan fingerprint density at radius 1 is 1.33 bits per heavy atom. The first kappa shape index (κ1) is 18.4. The van der Waals surface area contributed by atoms with Gasteiger partial charge in [0, 0.05) is 18.7 Å². The average Bonchev–Trinajstić information content (AvgIpc) is 2.54. The van der Waals surface area contributed by atoms with Crippen LogP contribution < -0.4 is 11.1 Å². The molecule has 1 saturated heterocycles. The summed E-state index contributed by atoms with van der Waals surface area (Å²) in [6.45, 7) is 3.13. The third kappa shape index (κ3) is 5.63. The van der Waals surface area contributed by atoms with Gasteiger partial charge in [0.05, 0.1) is 0 Å². The van der Waals surface area contributed by atoms with Crippen molar-refractivity contribution in [1.29, 1.82) is 0 Å². The summed E-state index contributed by atoms with van der Waals surface area (Å²) >= 11 is 0. The van der Waals surface area contributed by atoms with Crippen LogP contribution in [0.3, 0.4) is 0 Å². The summed E-state index contributed by atoms with van der Waals surface area (Å²) in [5.41, 5.74) is 4.35. The third-order valence-corrected chi connectivity index (χ3v) is 4.12. The number of hydrogen-bond donors (Lipinski definition) is 2. The van der Waals surface area contributed by atoms with Crippen molar-refractivity contribution < 1.29 is 18.0 Å². The molecule has 2 rings (SSSR count). The molecule has 6 nitrogen and oxygen atoms in total. The molecule has 2 heterocycles. The first-order valence-electron chi connectivity index (χ1n) is 8.02. The minimum atomic E-state index is -4.46. The maximum absolute atomic E-state index is 12.5. The Labute approximate surface area is 138 Å². The summed E-state index contributed by atoms with van der Waals surface area (Å²) in [5.74, 6) is -0.243. The molecule has 0 atom stereocenters. The predicted octanol–water partition coefficient (Wildman–Crippen LogP) is 1.88. The fraction of sp³-hybridized carbons (Fsp3) is 0.667. The second-order valence-corrected chi connectivity index (χ2v) is 5.92. The van der Waals surface area contributed by atoms with Gasteiger partial charge in [-0.05, 0) is 51.4 Å². The number of alkyl halides is 3. The summed E-state index contributed by atoms with van der Waals surface area (Å²) in [6.07, 6.45) is -0.0582. The van der Waals surface area contributed by atoms with Crippen LogP contribution >= 0.6 is 0 Å². The third-order valence-electron chi connectivity index (χ3n) is 4.12. The number of unbranched alkanes of at least 4 members (excludes halogenated alkanes) is 1. The van der Waals surface area contributed by atoms with Crippen molar-refractivity contribution >= 4 is 11.9 Å². The Morgan fingerprint density at radius 2 is 2.04 bits per heavy atom. The van der Waals surface area contributed by atoms with Crippen LogP contribution in [0.25, 0.3) is 0 Å². The highest BCUT2D eigenvalue weighted by molar-refractivity contribution is 5.76. The van der Waals surface area contributed by atoms with Crippen LogP contribution in [0.5, 0.6) is 0 Å². The maximum atomic E-state index is 12.5. The minimum absolute atomic E-state index is 0.00732. The number of primary amides is 1. The van der Waals surface area contributed by atoms with Crippen molar-refractivity contribution in [3.63, 3.8) is 0 Å². The summed E-state index contributed by atoms with van der Waals surface area (Å²) in [4.78, 5) is 20.6. The molecule has 1 aliphatic rings. The van der Waals surface area contributed by atoms with E-state index >= 15 is 0 Å². The molecular formula is C15H22F3N5O. The topological polar surface area (TPSA) is 84.1 Å². The zero-order valence-electron chi connectivity index (χ0n) is 13.4. The Kier molecular flexibility index (Phi) is 6.36.